The van der Waals surface area contributed by atoms with Crippen LogP contribution in [0.4, 0.5) is 0 Å². The summed E-state index contributed by atoms with van der Waals surface area (Å²) in [6.07, 6.45) is 7.16. The number of hydrogen-bond donors (Lipinski definition) is 1. The number of pyridine rings is 2. The predicted molar refractivity (Wildman–Crippen MR) is 75.0 cm³/mol. The molecule has 2 aromatic rings. The van der Waals surface area contributed by atoms with Gasteiger partial charge >= 0.3 is 0 Å². The fraction of sp³-hybridized carbons (Fsp3) is 0.333. The Morgan fingerprint density at radius 3 is 2.63 bits per heavy atom. The average Bonchev–Trinajstić information content (AvgIpc) is 2.38. The zero-order valence-corrected chi connectivity index (χ0v) is 11.5. The number of aromatic nitrogens is 2. The molecule has 0 saturated heterocycles. The van der Waals surface area contributed by atoms with Gasteiger partial charge in [-0.2, -0.15) is 0 Å². The molecule has 0 saturated carbocycles. The second-order valence-electron chi connectivity index (χ2n) is 4.83. The van der Waals surface area contributed by atoms with Crippen molar-refractivity contribution >= 4 is 0 Å². The first-order valence-electron chi connectivity index (χ1n) is 6.35. The van der Waals surface area contributed by atoms with Gasteiger partial charge in [0, 0.05) is 18.6 Å². The van der Waals surface area contributed by atoms with E-state index in [9.17, 15) is 0 Å². The van der Waals surface area contributed by atoms with Crippen molar-refractivity contribution < 1.29 is 4.74 Å². The second-order valence-corrected chi connectivity index (χ2v) is 4.83. The molecule has 19 heavy (non-hydrogen) atoms. The predicted octanol–water partition coefficient (Wildman–Crippen LogP) is 2.62. The Bertz CT molecular complexity index is 555. The molecule has 1 atom stereocenters. The molecule has 100 valence electrons. The van der Waals surface area contributed by atoms with Gasteiger partial charge in [-0.05, 0) is 49.6 Å². The quantitative estimate of drug-likeness (QED) is 0.914. The van der Waals surface area contributed by atoms with Crippen molar-refractivity contribution in [2.45, 2.75) is 32.9 Å². The lowest BCUT2D eigenvalue weighted by atomic mass is 9.99. The Morgan fingerprint density at radius 2 is 1.95 bits per heavy atom. The summed E-state index contributed by atoms with van der Waals surface area (Å²) in [5.74, 6) is 0.740. The minimum Gasteiger partial charge on any atom is -0.489 e. The van der Waals surface area contributed by atoms with Gasteiger partial charge in [-0.1, -0.05) is 0 Å². The molecule has 2 heterocycles. The number of rotatable bonds is 4. The number of hydrogen-bond acceptors (Lipinski definition) is 4. The zero-order chi connectivity index (χ0) is 13.8. The number of ether oxygens (including phenoxy) is 1. The fourth-order valence-corrected chi connectivity index (χ4v) is 1.92. The Kier molecular flexibility index (Phi) is 4.12. The summed E-state index contributed by atoms with van der Waals surface area (Å²) >= 11 is 0. The first kappa shape index (κ1) is 13.5. The van der Waals surface area contributed by atoms with Crippen molar-refractivity contribution in [3.8, 4) is 5.75 Å². The minimum atomic E-state index is -0.239. The summed E-state index contributed by atoms with van der Waals surface area (Å²) < 4.78 is 5.64. The molecule has 0 bridgehead atoms. The Hall–Kier alpha value is -1.94. The summed E-state index contributed by atoms with van der Waals surface area (Å²) in [6, 6.07) is 3.65. The normalized spacial score (nSPS) is 12.5. The van der Waals surface area contributed by atoms with Crippen molar-refractivity contribution in [1.82, 2.24) is 9.97 Å². The number of nitrogens with zero attached hydrogens (tertiary/aromatic N) is 2. The van der Waals surface area contributed by atoms with Gasteiger partial charge in [0.25, 0.3) is 0 Å². The molecule has 0 aliphatic heterocycles. The first-order valence-corrected chi connectivity index (χ1v) is 6.35. The molecule has 0 fully saturated rings. The van der Waals surface area contributed by atoms with E-state index in [1.807, 2.05) is 32.9 Å². The summed E-state index contributed by atoms with van der Waals surface area (Å²) in [6.45, 7) is 5.99. The summed E-state index contributed by atoms with van der Waals surface area (Å²) in [5, 5.41) is 0. The van der Waals surface area contributed by atoms with Crippen LogP contribution in [0.1, 0.15) is 36.6 Å². The van der Waals surface area contributed by atoms with E-state index < -0.39 is 0 Å². The van der Waals surface area contributed by atoms with Crippen molar-refractivity contribution in [2.75, 3.05) is 0 Å². The zero-order valence-electron chi connectivity index (χ0n) is 11.5. The summed E-state index contributed by atoms with van der Waals surface area (Å²) in [7, 11) is 0. The molecule has 2 rings (SSSR count). The minimum absolute atomic E-state index is 0.119. The lowest BCUT2D eigenvalue weighted by Gasteiger charge is -2.16. The Balaban J connectivity index is 2.29. The van der Waals surface area contributed by atoms with Crippen LogP contribution in [0.25, 0.3) is 0 Å². The molecule has 0 aromatic carbocycles. The van der Waals surface area contributed by atoms with Gasteiger partial charge in [0.15, 0.2) is 0 Å². The van der Waals surface area contributed by atoms with E-state index in [4.69, 9.17) is 10.5 Å². The highest BCUT2D eigenvalue weighted by Gasteiger charge is 2.13. The van der Waals surface area contributed by atoms with Crippen LogP contribution in [0.3, 0.4) is 0 Å². The molecule has 4 heteroatoms. The lowest BCUT2D eigenvalue weighted by Crippen LogP contribution is -2.14. The van der Waals surface area contributed by atoms with Crippen LogP contribution < -0.4 is 10.5 Å². The van der Waals surface area contributed by atoms with Gasteiger partial charge < -0.3 is 10.5 Å². The molecule has 2 aromatic heterocycles. The third kappa shape index (κ3) is 3.29. The molecule has 0 radical (unpaired) electrons. The van der Waals surface area contributed by atoms with Crippen molar-refractivity contribution in [2.24, 2.45) is 5.73 Å². The molecule has 2 N–H and O–H groups in total. The number of nitrogens with two attached hydrogens (primary N) is 1. The highest BCUT2D eigenvalue weighted by molar-refractivity contribution is 5.36. The van der Waals surface area contributed by atoms with E-state index in [0.717, 1.165) is 22.4 Å². The smallest absolute Gasteiger partial charge is 0.138 e. The van der Waals surface area contributed by atoms with Gasteiger partial charge in [0.1, 0.15) is 5.75 Å². The topological polar surface area (TPSA) is 61.0 Å². The molecular formula is C15H19N3O. The highest BCUT2D eigenvalue weighted by atomic mass is 16.5. The standard InChI is InChI=1S/C15H19N3O/c1-10(2)19-13-6-12(7-18-8-13)15(16)14-9-17-5-4-11(14)3/h4-10,15H,16H2,1-3H3. The van der Waals surface area contributed by atoms with E-state index in [1.54, 1.807) is 24.8 Å². The molecule has 1 unspecified atom stereocenters. The van der Waals surface area contributed by atoms with Crippen molar-refractivity contribution in [3.05, 3.63) is 53.6 Å². The van der Waals surface area contributed by atoms with Crippen LogP contribution in [0, 0.1) is 6.92 Å². The van der Waals surface area contributed by atoms with Gasteiger partial charge in [-0.3, -0.25) is 9.97 Å². The van der Waals surface area contributed by atoms with Crippen LogP contribution in [-0.4, -0.2) is 16.1 Å². The largest absolute Gasteiger partial charge is 0.489 e. The fourth-order valence-electron chi connectivity index (χ4n) is 1.92. The van der Waals surface area contributed by atoms with E-state index >= 15 is 0 Å². The van der Waals surface area contributed by atoms with Crippen molar-refractivity contribution in [1.29, 1.82) is 0 Å². The Labute approximate surface area is 113 Å². The van der Waals surface area contributed by atoms with Crippen LogP contribution in [0.15, 0.2) is 36.9 Å². The number of aryl methyl sites for hydroxylation is 1. The SMILES string of the molecule is Cc1ccncc1C(N)c1cncc(OC(C)C)c1. The van der Waals surface area contributed by atoms with E-state index in [1.165, 1.54) is 0 Å². The van der Waals surface area contributed by atoms with E-state index in [-0.39, 0.29) is 12.1 Å². The highest BCUT2D eigenvalue weighted by Crippen LogP contribution is 2.24. The molecule has 0 aliphatic rings. The van der Waals surface area contributed by atoms with Gasteiger partial charge in [0.2, 0.25) is 0 Å². The van der Waals surface area contributed by atoms with Crippen LogP contribution >= 0.6 is 0 Å². The average molecular weight is 257 g/mol. The third-order valence-electron chi connectivity index (χ3n) is 2.88. The maximum atomic E-state index is 6.28. The van der Waals surface area contributed by atoms with Crippen LogP contribution in [0.5, 0.6) is 5.75 Å². The van der Waals surface area contributed by atoms with Gasteiger partial charge in [0.05, 0.1) is 18.3 Å². The monoisotopic (exact) mass is 257 g/mol. The van der Waals surface area contributed by atoms with E-state index in [0.29, 0.717) is 0 Å². The summed E-state index contributed by atoms with van der Waals surface area (Å²) in [4.78, 5) is 8.32. The molecule has 4 nitrogen and oxygen atoms in total. The van der Waals surface area contributed by atoms with Crippen molar-refractivity contribution in [3.63, 3.8) is 0 Å². The third-order valence-corrected chi connectivity index (χ3v) is 2.88. The van der Waals surface area contributed by atoms with Gasteiger partial charge in [-0.15, -0.1) is 0 Å². The molecule has 0 amide bonds. The molecule has 0 spiro atoms. The van der Waals surface area contributed by atoms with Crippen LogP contribution in [0.2, 0.25) is 0 Å². The Morgan fingerprint density at radius 1 is 1.16 bits per heavy atom. The molecule has 0 aliphatic carbocycles. The lowest BCUT2D eigenvalue weighted by molar-refractivity contribution is 0.241. The second kappa shape index (κ2) is 5.80. The summed E-state index contributed by atoms with van der Waals surface area (Å²) in [5.41, 5.74) is 9.33. The van der Waals surface area contributed by atoms with Gasteiger partial charge in [-0.25, -0.2) is 0 Å². The first-order chi connectivity index (χ1) is 9.08. The van der Waals surface area contributed by atoms with E-state index in [2.05, 4.69) is 9.97 Å². The maximum Gasteiger partial charge on any atom is 0.138 e. The maximum absolute atomic E-state index is 6.28. The molecular weight excluding hydrogens is 238 g/mol. The van der Waals surface area contributed by atoms with Crippen LogP contribution in [-0.2, 0) is 0 Å².